The first-order chi connectivity index (χ1) is 8.61. The lowest BCUT2D eigenvalue weighted by Crippen LogP contribution is -2.25. The predicted molar refractivity (Wildman–Crippen MR) is 78.4 cm³/mol. The second-order valence-corrected chi connectivity index (χ2v) is 5.07. The molecule has 2 rings (SSSR count). The number of aromatic nitrogens is 2. The molecule has 0 bridgehead atoms. The van der Waals surface area contributed by atoms with Crippen LogP contribution in [0.2, 0.25) is 0 Å². The van der Waals surface area contributed by atoms with Crippen LogP contribution in [-0.2, 0) is 0 Å². The van der Waals surface area contributed by atoms with E-state index >= 15 is 0 Å². The standard InChI is InChI=1S/C12H16N4OS/c1-16(5-6-18-2)12-14-10-4-3-8(13)7-9(10)11(17)15-12/h3-4,7H,5-6,13H2,1-2H3,(H,14,15,17). The van der Waals surface area contributed by atoms with E-state index in [0.717, 1.165) is 12.3 Å². The molecular formula is C12H16N4OS. The van der Waals surface area contributed by atoms with E-state index in [1.54, 1.807) is 30.0 Å². The molecule has 0 unspecified atom stereocenters. The zero-order valence-electron chi connectivity index (χ0n) is 10.4. The molecule has 6 heteroatoms. The first-order valence-corrected chi connectivity index (χ1v) is 7.01. The number of nitrogens with zero attached hydrogens (tertiary/aromatic N) is 2. The van der Waals surface area contributed by atoms with E-state index < -0.39 is 0 Å². The summed E-state index contributed by atoms with van der Waals surface area (Å²) in [4.78, 5) is 21.1. The van der Waals surface area contributed by atoms with E-state index in [0.29, 0.717) is 22.5 Å². The fourth-order valence-electron chi connectivity index (χ4n) is 1.66. The molecule has 0 radical (unpaired) electrons. The molecule has 1 heterocycles. The zero-order chi connectivity index (χ0) is 13.1. The zero-order valence-corrected chi connectivity index (χ0v) is 11.3. The highest BCUT2D eigenvalue weighted by Crippen LogP contribution is 2.14. The number of aromatic amines is 1. The molecule has 0 aliphatic heterocycles. The van der Waals surface area contributed by atoms with E-state index in [4.69, 9.17) is 5.73 Å². The molecule has 3 N–H and O–H groups in total. The van der Waals surface area contributed by atoms with Crippen LogP contribution in [-0.4, -0.2) is 35.6 Å². The van der Waals surface area contributed by atoms with Crippen LogP contribution in [0, 0.1) is 0 Å². The molecule has 5 nitrogen and oxygen atoms in total. The van der Waals surface area contributed by atoms with Gasteiger partial charge in [0.2, 0.25) is 5.95 Å². The Morgan fingerprint density at radius 1 is 1.50 bits per heavy atom. The minimum absolute atomic E-state index is 0.154. The van der Waals surface area contributed by atoms with Gasteiger partial charge in [-0.25, -0.2) is 4.98 Å². The summed E-state index contributed by atoms with van der Waals surface area (Å²) in [6.45, 7) is 0.838. The first-order valence-electron chi connectivity index (χ1n) is 5.61. The SMILES string of the molecule is CSCCN(C)c1nc2ccc(N)cc2c(=O)[nH]1. The molecule has 0 saturated carbocycles. The average Bonchev–Trinajstić information content (AvgIpc) is 2.36. The Hall–Kier alpha value is -1.69. The molecule has 2 aromatic rings. The fourth-order valence-corrected chi connectivity index (χ4v) is 2.12. The van der Waals surface area contributed by atoms with Gasteiger partial charge in [0, 0.05) is 25.0 Å². The number of nitrogens with two attached hydrogens (primary N) is 1. The number of fused-ring (bicyclic) bond motifs is 1. The second-order valence-electron chi connectivity index (χ2n) is 4.08. The highest BCUT2D eigenvalue weighted by Gasteiger charge is 2.07. The average molecular weight is 264 g/mol. The van der Waals surface area contributed by atoms with Gasteiger partial charge in [-0.05, 0) is 24.5 Å². The second kappa shape index (κ2) is 5.30. The lowest BCUT2D eigenvalue weighted by Gasteiger charge is -2.17. The van der Waals surface area contributed by atoms with Crippen molar-refractivity contribution in [2.24, 2.45) is 0 Å². The summed E-state index contributed by atoms with van der Waals surface area (Å²) >= 11 is 1.76. The van der Waals surface area contributed by atoms with Gasteiger partial charge in [0.1, 0.15) is 0 Å². The van der Waals surface area contributed by atoms with Crippen molar-refractivity contribution in [3.63, 3.8) is 0 Å². The maximum absolute atomic E-state index is 11.9. The Bertz CT molecular complexity index is 611. The largest absolute Gasteiger partial charge is 0.399 e. The van der Waals surface area contributed by atoms with Crippen molar-refractivity contribution in [2.75, 3.05) is 36.2 Å². The smallest absolute Gasteiger partial charge is 0.260 e. The molecule has 96 valence electrons. The third kappa shape index (κ3) is 2.59. The summed E-state index contributed by atoms with van der Waals surface area (Å²) in [5, 5.41) is 0.525. The highest BCUT2D eigenvalue weighted by atomic mass is 32.2. The number of rotatable bonds is 4. The Balaban J connectivity index is 2.43. The maximum Gasteiger partial charge on any atom is 0.260 e. The number of hydrogen-bond donors (Lipinski definition) is 2. The van der Waals surface area contributed by atoms with Gasteiger partial charge >= 0.3 is 0 Å². The predicted octanol–water partition coefficient (Wildman–Crippen LogP) is 1.30. The van der Waals surface area contributed by atoms with Crippen LogP contribution in [0.4, 0.5) is 11.6 Å². The Labute approximate surface area is 109 Å². The Morgan fingerprint density at radius 3 is 3.00 bits per heavy atom. The van der Waals surface area contributed by atoms with Gasteiger partial charge in [-0.15, -0.1) is 0 Å². The normalized spacial score (nSPS) is 10.8. The number of benzene rings is 1. The summed E-state index contributed by atoms with van der Waals surface area (Å²) in [5.41, 5.74) is 6.74. The summed E-state index contributed by atoms with van der Waals surface area (Å²) in [7, 11) is 1.91. The van der Waals surface area contributed by atoms with Crippen molar-refractivity contribution >= 4 is 34.3 Å². The highest BCUT2D eigenvalue weighted by molar-refractivity contribution is 7.98. The molecule has 0 aliphatic carbocycles. The molecule has 1 aromatic heterocycles. The van der Waals surface area contributed by atoms with E-state index in [1.807, 2.05) is 18.2 Å². The molecule has 0 aliphatic rings. The van der Waals surface area contributed by atoms with Crippen molar-refractivity contribution < 1.29 is 0 Å². The van der Waals surface area contributed by atoms with Crippen molar-refractivity contribution in [3.8, 4) is 0 Å². The number of anilines is 2. The van der Waals surface area contributed by atoms with Crippen LogP contribution in [0.15, 0.2) is 23.0 Å². The van der Waals surface area contributed by atoms with Gasteiger partial charge in [-0.3, -0.25) is 9.78 Å². The molecule has 0 saturated heterocycles. The third-order valence-corrected chi connectivity index (χ3v) is 3.30. The van der Waals surface area contributed by atoms with Gasteiger partial charge in [-0.2, -0.15) is 11.8 Å². The number of hydrogen-bond acceptors (Lipinski definition) is 5. The number of thioether (sulfide) groups is 1. The number of H-pyrrole nitrogens is 1. The molecule has 0 amide bonds. The maximum atomic E-state index is 11.9. The lowest BCUT2D eigenvalue weighted by molar-refractivity contribution is 0.910. The van der Waals surface area contributed by atoms with E-state index in [-0.39, 0.29) is 5.56 Å². The summed E-state index contributed by atoms with van der Waals surface area (Å²) in [6.07, 6.45) is 2.05. The van der Waals surface area contributed by atoms with Crippen LogP contribution >= 0.6 is 11.8 Å². The van der Waals surface area contributed by atoms with Crippen LogP contribution in [0.3, 0.4) is 0 Å². The Kier molecular flexibility index (Phi) is 3.76. The van der Waals surface area contributed by atoms with E-state index in [1.165, 1.54) is 0 Å². The van der Waals surface area contributed by atoms with Crippen LogP contribution in [0.5, 0.6) is 0 Å². The van der Waals surface area contributed by atoms with E-state index in [2.05, 4.69) is 9.97 Å². The topological polar surface area (TPSA) is 75.0 Å². The van der Waals surface area contributed by atoms with Gasteiger partial charge in [0.15, 0.2) is 0 Å². The third-order valence-electron chi connectivity index (χ3n) is 2.71. The lowest BCUT2D eigenvalue weighted by atomic mass is 10.2. The van der Waals surface area contributed by atoms with Gasteiger partial charge in [0.05, 0.1) is 10.9 Å². The van der Waals surface area contributed by atoms with Crippen LogP contribution in [0.1, 0.15) is 0 Å². The minimum atomic E-state index is -0.154. The van der Waals surface area contributed by atoms with Crippen LogP contribution < -0.4 is 16.2 Å². The van der Waals surface area contributed by atoms with Crippen molar-refractivity contribution in [2.45, 2.75) is 0 Å². The molecule has 18 heavy (non-hydrogen) atoms. The van der Waals surface area contributed by atoms with Crippen LogP contribution in [0.25, 0.3) is 10.9 Å². The number of nitrogen functional groups attached to an aromatic ring is 1. The molecule has 0 fully saturated rings. The fraction of sp³-hybridized carbons (Fsp3) is 0.333. The van der Waals surface area contributed by atoms with Crippen molar-refractivity contribution in [3.05, 3.63) is 28.6 Å². The summed E-state index contributed by atoms with van der Waals surface area (Å²) in [6, 6.07) is 5.17. The molecule has 0 atom stereocenters. The molecule has 1 aromatic carbocycles. The van der Waals surface area contributed by atoms with Crippen molar-refractivity contribution in [1.29, 1.82) is 0 Å². The summed E-state index contributed by atoms with van der Waals surface area (Å²) in [5.74, 6) is 1.58. The monoisotopic (exact) mass is 264 g/mol. The van der Waals surface area contributed by atoms with Gasteiger partial charge < -0.3 is 10.6 Å². The first kappa shape index (κ1) is 12.8. The van der Waals surface area contributed by atoms with Gasteiger partial charge in [0.25, 0.3) is 5.56 Å². The molecule has 0 spiro atoms. The van der Waals surface area contributed by atoms with E-state index in [9.17, 15) is 4.79 Å². The summed E-state index contributed by atoms with van der Waals surface area (Å²) < 4.78 is 0. The molecular weight excluding hydrogens is 248 g/mol. The van der Waals surface area contributed by atoms with Gasteiger partial charge in [-0.1, -0.05) is 0 Å². The van der Waals surface area contributed by atoms with Crippen molar-refractivity contribution in [1.82, 2.24) is 9.97 Å². The quantitative estimate of drug-likeness (QED) is 0.814. The Morgan fingerprint density at radius 2 is 2.28 bits per heavy atom. The minimum Gasteiger partial charge on any atom is -0.399 e. The number of nitrogens with one attached hydrogen (secondary N) is 1.